The van der Waals surface area contributed by atoms with Gasteiger partial charge in [0.1, 0.15) is 16.8 Å². The average Bonchev–Trinajstić information content (AvgIpc) is 2.19. The van der Waals surface area contributed by atoms with E-state index in [-0.39, 0.29) is 5.92 Å². The van der Waals surface area contributed by atoms with Crippen LogP contribution in [0, 0.1) is 6.92 Å². The molecule has 0 aliphatic rings. The van der Waals surface area contributed by atoms with Crippen molar-refractivity contribution in [3.63, 3.8) is 0 Å². The van der Waals surface area contributed by atoms with Crippen LogP contribution in [0.1, 0.15) is 31.2 Å². The van der Waals surface area contributed by atoms with Crippen molar-refractivity contribution in [1.29, 1.82) is 0 Å². The van der Waals surface area contributed by atoms with Crippen molar-refractivity contribution >= 4 is 29.0 Å². The summed E-state index contributed by atoms with van der Waals surface area (Å²) in [5.74, 6) is 1.67. The van der Waals surface area contributed by atoms with Gasteiger partial charge in [0.25, 0.3) is 0 Å². The Morgan fingerprint density at radius 3 is 2.56 bits per heavy atom. The maximum Gasteiger partial charge on any atom is 0.137 e. The van der Waals surface area contributed by atoms with E-state index in [0.717, 1.165) is 11.4 Å². The minimum absolute atomic E-state index is 0.234. The van der Waals surface area contributed by atoms with Crippen LogP contribution in [0.25, 0.3) is 0 Å². The highest BCUT2D eigenvalue weighted by molar-refractivity contribution is 6.30. The summed E-state index contributed by atoms with van der Waals surface area (Å²) in [4.78, 5) is 8.62. The first kappa shape index (κ1) is 13.3. The highest BCUT2D eigenvalue weighted by Gasteiger charge is 2.11. The van der Waals surface area contributed by atoms with Crippen molar-refractivity contribution in [2.45, 2.75) is 26.7 Å². The summed E-state index contributed by atoms with van der Waals surface area (Å²) < 4.78 is 0. The largest absolute Gasteiger partial charge is 0.365 e. The van der Waals surface area contributed by atoms with Gasteiger partial charge in [0.15, 0.2) is 0 Å². The van der Waals surface area contributed by atoms with E-state index >= 15 is 0 Å². The van der Waals surface area contributed by atoms with Gasteiger partial charge in [0, 0.05) is 16.5 Å². The molecule has 0 aliphatic heterocycles. The van der Waals surface area contributed by atoms with Crippen LogP contribution in [-0.4, -0.2) is 16.5 Å². The lowest BCUT2D eigenvalue weighted by Crippen LogP contribution is -2.09. The SMILES string of the molecule is C=C(Cl)CNc1nc(C(C)C)nc(Cl)c1C. The Bertz CT molecular complexity index is 402. The lowest BCUT2D eigenvalue weighted by molar-refractivity contribution is 0.772. The van der Waals surface area contributed by atoms with Gasteiger partial charge in [-0.3, -0.25) is 0 Å². The quantitative estimate of drug-likeness (QED) is 0.838. The minimum Gasteiger partial charge on any atom is -0.365 e. The molecule has 88 valence electrons. The molecule has 0 bridgehead atoms. The Labute approximate surface area is 106 Å². The fourth-order valence-electron chi connectivity index (χ4n) is 1.12. The molecule has 3 nitrogen and oxygen atoms in total. The maximum atomic E-state index is 6.03. The molecule has 0 aliphatic carbocycles. The average molecular weight is 260 g/mol. The molecule has 0 aromatic carbocycles. The van der Waals surface area contributed by atoms with Crippen LogP contribution in [0.5, 0.6) is 0 Å². The number of nitrogens with zero attached hydrogens (tertiary/aromatic N) is 2. The zero-order valence-corrected chi connectivity index (χ0v) is 11.2. The number of anilines is 1. The minimum atomic E-state index is 0.234. The van der Waals surface area contributed by atoms with Crippen molar-refractivity contribution in [1.82, 2.24) is 9.97 Å². The van der Waals surface area contributed by atoms with Crippen molar-refractivity contribution in [2.24, 2.45) is 0 Å². The van der Waals surface area contributed by atoms with Gasteiger partial charge in [-0.25, -0.2) is 9.97 Å². The van der Waals surface area contributed by atoms with Crippen molar-refractivity contribution in [3.8, 4) is 0 Å². The van der Waals surface area contributed by atoms with E-state index in [0.29, 0.717) is 22.5 Å². The first-order chi connectivity index (χ1) is 7.41. The Kier molecular flexibility index (Phi) is 4.56. The molecule has 0 unspecified atom stereocenters. The van der Waals surface area contributed by atoms with E-state index in [1.807, 2.05) is 20.8 Å². The second-order valence-corrected chi connectivity index (χ2v) is 4.76. The Morgan fingerprint density at radius 1 is 1.44 bits per heavy atom. The van der Waals surface area contributed by atoms with Crippen LogP contribution in [0.4, 0.5) is 5.82 Å². The van der Waals surface area contributed by atoms with Gasteiger partial charge < -0.3 is 5.32 Å². The number of halogens is 2. The smallest absolute Gasteiger partial charge is 0.137 e. The van der Waals surface area contributed by atoms with Crippen molar-refractivity contribution in [3.05, 3.63) is 28.2 Å². The van der Waals surface area contributed by atoms with Crippen molar-refractivity contribution < 1.29 is 0 Å². The zero-order valence-electron chi connectivity index (χ0n) is 9.64. The van der Waals surface area contributed by atoms with Crippen LogP contribution in [0.3, 0.4) is 0 Å². The Hall–Kier alpha value is -0.800. The molecule has 0 radical (unpaired) electrons. The van der Waals surface area contributed by atoms with E-state index in [2.05, 4.69) is 21.9 Å². The second-order valence-electron chi connectivity index (χ2n) is 3.87. The topological polar surface area (TPSA) is 37.8 Å². The molecule has 1 rings (SSSR count). The summed E-state index contributed by atoms with van der Waals surface area (Å²) >= 11 is 11.7. The van der Waals surface area contributed by atoms with Crippen LogP contribution in [0.2, 0.25) is 5.15 Å². The molecule has 0 amide bonds. The first-order valence-corrected chi connectivity index (χ1v) is 5.78. The van der Waals surface area contributed by atoms with Gasteiger partial charge in [0.2, 0.25) is 0 Å². The zero-order chi connectivity index (χ0) is 12.3. The molecule has 0 saturated carbocycles. The van der Waals surface area contributed by atoms with Crippen LogP contribution in [-0.2, 0) is 0 Å². The molecule has 0 atom stereocenters. The molecule has 1 aromatic rings. The fourth-order valence-corrected chi connectivity index (χ4v) is 1.36. The van der Waals surface area contributed by atoms with E-state index in [1.165, 1.54) is 0 Å². The number of hydrogen-bond donors (Lipinski definition) is 1. The molecule has 0 spiro atoms. The van der Waals surface area contributed by atoms with Gasteiger partial charge >= 0.3 is 0 Å². The number of nitrogens with one attached hydrogen (secondary N) is 1. The van der Waals surface area contributed by atoms with Gasteiger partial charge in [-0.1, -0.05) is 43.6 Å². The van der Waals surface area contributed by atoms with E-state index in [4.69, 9.17) is 23.2 Å². The van der Waals surface area contributed by atoms with Crippen molar-refractivity contribution in [2.75, 3.05) is 11.9 Å². The molecule has 1 heterocycles. The van der Waals surface area contributed by atoms with Gasteiger partial charge in [-0.2, -0.15) is 0 Å². The molecular formula is C11H15Cl2N3. The molecule has 5 heteroatoms. The number of rotatable bonds is 4. The molecule has 0 saturated heterocycles. The molecule has 16 heavy (non-hydrogen) atoms. The second kappa shape index (κ2) is 5.51. The van der Waals surface area contributed by atoms with E-state index < -0.39 is 0 Å². The summed E-state index contributed by atoms with van der Waals surface area (Å²) in [7, 11) is 0. The molecule has 1 aromatic heterocycles. The van der Waals surface area contributed by atoms with E-state index in [9.17, 15) is 0 Å². The van der Waals surface area contributed by atoms with Crippen LogP contribution < -0.4 is 5.32 Å². The molecule has 1 N–H and O–H groups in total. The lowest BCUT2D eigenvalue weighted by Gasteiger charge is -2.12. The fraction of sp³-hybridized carbons (Fsp3) is 0.455. The monoisotopic (exact) mass is 259 g/mol. The van der Waals surface area contributed by atoms with Crippen LogP contribution in [0.15, 0.2) is 11.6 Å². The maximum absolute atomic E-state index is 6.03. The Morgan fingerprint density at radius 2 is 2.06 bits per heavy atom. The van der Waals surface area contributed by atoms with Gasteiger partial charge in [-0.05, 0) is 6.92 Å². The predicted octanol–water partition coefficient (Wildman–Crippen LogP) is 3.73. The predicted molar refractivity (Wildman–Crippen MR) is 69.4 cm³/mol. The summed E-state index contributed by atoms with van der Waals surface area (Å²) in [5.41, 5.74) is 0.823. The first-order valence-electron chi connectivity index (χ1n) is 5.03. The standard InChI is InChI=1S/C11H15Cl2N3/c1-6(2)10-15-9(13)8(4)11(16-10)14-5-7(3)12/h6H,3,5H2,1-2,4H3,(H,14,15,16). The third-order valence-electron chi connectivity index (χ3n) is 2.07. The highest BCUT2D eigenvalue weighted by atomic mass is 35.5. The van der Waals surface area contributed by atoms with Gasteiger partial charge in [0.05, 0.1) is 6.54 Å². The van der Waals surface area contributed by atoms with E-state index in [1.54, 1.807) is 0 Å². The Balaban J connectivity index is 3.01. The number of aromatic nitrogens is 2. The third kappa shape index (κ3) is 3.35. The highest BCUT2D eigenvalue weighted by Crippen LogP contribution is 2.23. The summed E-state index contributed by atoms with van der Waals surface area (Å²) in [6.45, 7) is 9.98. The molecular weight excluding hydrogens is 245 g/mol. The summed E-state index contributed by atoms with van der Waals surface area (Å²) in [6.07, 6.45) is 0. The summed E-state index contributed by atoms with van der Waals surface area (Å²) in [5, 5.41) is 4.08. The van der Waals surface area contributed by atoms with Crippen LogP contribution >= 0.6 is 23.2 Å². The van der Waals surface area contributed by atoms with Gasteiger partial charge in [-0.15, -0.1) is 0 Å². The third-order valence-corrected chi connectivity index (χ3v) is 2.57. The number of hydrogen-bond acceptors (Lipinski definition) is 3. The normalized spacial score (nSPS) is 10.6. The molecule has 0 fully saturated rings. The summed E-state index contributed by atoms with van der Waals surface area (Å²) in [6, 6.07) is 0. The lowest BCUT2D eigenvalue weighted by atomic mass is 10.2.